The van der Waals surface area contributed by atoms with Gasteiger partial charge in [-0.2, -0.15) is 9.65 Å². The second-order valence-corrected chi connectivity index (χ2v) is 8.86. The third-order valence-corrected chi connectivity index (χ3v) is 6.55. The molecule has 1 fully saturated rings. The highest BCUT2D eigenvalue weighted by Crippen LogP contribution is 2.34. The molecule has 1 amide bonds. The molecule has 3 heterocycles. The second kappa shape index (κ2) is 9.64. The molecule has 0 aliphatic carbocycles. The Labute approximate surface area is 208 Å². The number of hydrogen-bond acceptors (Lipinski definition) is 6. The first-order valence-corrected chi connectivity index (χ1v) is 11.7. The number of anilines is 2. The number of nitrogens with one attached hydrogen (secondary N) is 1. The molecule has 1 atom stereocenters. The number of benzene rings is 2. The Morgan fingerprint density at radius 3 is 2.86 bits per heavy atom. The molecule has 0 radical (unpaired) electrons. The Kier molecular flexibility index (Phi) is 6.23. The summed E-state index contributed by atoms with van der Waals surface area (Å²) in [5, 5.41) is 16.6. The van der Waals surface area contributed by atoms with Crippen molar-refractivity contribution in [3.05, 3.63) is 102 Å². The number of carbonyl (C=O) groups excluding carboxylic acids is 1. The molecule has 1 saturated heterocycles. The fraction of sp³-hybridized carbons (Fsp3) is 0.179. The number of nitriles is 1. The first-order chi connectivity index (χ1) is 17.4. The summed E-state index contributed by atoms with van der Waals surface area (Å²) in [6, 6.07) is 17.8. The lowest BCUT2D eigenvalue weighted by Gasteiger charge is -2.40. The van der Waals surface area contributed by atoms with Crippen LogP contribution in [-0.4, -0.2) is 33.5 Å². The van der Waals surface area contributed by atoms with Crippen LogP contribution in [0.4, 0.5) is 15.8 Å². The Bertz CT molecular complexity index is 1410. The van der Waals surface area contributed by atoms with Crippen LogP contribution in [0.25, 0.3) is 11.1 Å². The van der Waals surface area contributed by atoms with Crippen LogP contribution in [0.3, 0.4) is 0 Å². The predicted molar refractivity (Wildman–Crippen MR) is 136 cm³/mol. The maximum atomic E-state index is 13.7. The maximum absolute atomic E-state index is 13.7. The van der Waals surface area contributed by atoms with E-state index < -0.39 is 5.95 Å². The van der Waals surface area contributed by atoms with Crippen LogP contribution in [-0.2, 0) is 11.3 Å². The number of carbonyl (C=O) groups is 1. The molecule has 36 heavy (non-hydrogen) atoms. The number of pyridine rings is 1. The average molecular weight is 481 g/mol. The van der Waals surface area contributed by atoms with E-state index in [4.69, 9.17) is 5.73 Å². The molecule has 2 aromatic carbocycles. The summed E-state index contributed by atoms with van der Waals surface area (Å²) in [4.78, 5) is 17.5. The normalized spacial score (nSPS) is 17.3. The molecule has 8 heteroatoms. The summed E-state index contributed by atoms with van der Waals surface area (Å²) in [5.74, 6) is -0.752. The van der Waals surface area contributed by atoms with Gasteiger partial charge in [0.15, 0.2) is 0 Å². The van der Waals surface area contributed by atoms with Gasteiger partial charge < -0.3 is 11.1 Å². The van der Waals surface area contributed by atoms with Crippen molar-refractivity contribution >= 4 is 17.3 Å². The van der Waals surface area contributed by atoms with E-state index in [2.05, 4.69) is 28.0 Å². The Morgan fingerprint density at radius 1 is 1.25 bits per heavy atom. The third kappa shape index (κ3) is 4.44. The molecule has 1 aromatic heterocycles. The molecule has 2 aliphatic rings. The maximum Gasteiger partial charge on any atom is 0.270 e. The summed E-state index contributed by atoms with van der Waals surface area (Å²) in [6.45, 7) is 5.26. The minimum absolute atomic E-state index is 0.0673. The number of amides is 1. The van der Waals surface area contributed by atoms with Crippen molar-refractivity contribution in [2.45, 2.75) is 25.4 Å². The van der Waals surface area contributed by atoms with Gasteiger partial charge in [-0.15, -0.1) is 0 Å². The van der Waals surface area contributed by atoms with Gasteiger partial charge in [-0.25, -0.2) is 9.99 Å². The number of nitrogens with two attached hydrogens (primary N) is 1. The molecule has 0 bridgehead atoms. The van der Waals surface area contributed by atoms with Crippen LogP contribution in [0.2, 0.25) is 0 Å². The van der Waals surface area contributed by atoms with Gasteiger partial charge in [0.1, 0.15) is 0 Å². The monoisotopic (exact) mass is 480 g/mol. The molecule has 3 N–H and O–H groups in total. The number of halogens is 1. The quantitative estimate of drug-likeness (QED) is 0.395. The molecule has 2 aliphatic heterocycles. The minimum Gasteiger partial charge on any atom is -0.399 e. The molecular formula is C28H25FN6O. The lowest BCUT2D eigenvalue weighted by Crippen LogP contribution is -2.52. The molecule has 7 nitrogen and oxygen atoms in total. The van der Waals surface area contributed by atoms with Crippen molar-refractivity contribution < 1.29 is 9.18 Å². The number of hydrogen-bond donors (Lipinski definition) is 2. The number of nitrogen functional groups attached to an aromatic ring is 1. The van der Waals surface area contributed by atoms with Crippen molar-refractivity contribution in [3.8, 4) is 17.2 Å². The summed E-state index contributed by atoms with van der Waals surface area (Å²) < 4.78 is 13.4. The lowest BCUT2D eigenvalue weighted by molar-refractivity contribution is -0.148. The van der Waals surface area contributed by atoms with Gasteiger partial charge in [-0.05, 0) is 54.8 Å². The van der Waals surface area contributed by atoms with E-state index in [-0.39, 0.29) is 11.9 Å². The average Bonchev–Trinajstić information content (AvgIpc) is 3.36. The summed E-state index contributed by atoms with van der Waals surface area (Å²) in [7, 11) is 0. The van der Waals surface area contributed by atoms with Crippen molar-refractivity contribution in [2.75, 3.05) is 17.6 Å². The lowest BCUT2D eigenvalue weighted by atomic mass is 10.0. The third-order valence-electron chi connectivity index (χ3n) is 6.55. The van der Waals surface area contributed by atoms with Crippen LogP contribution in [0, 0.1) is 17.3 Å². The zero-order valence-electron chi connectivity index (χ0n) is 19.6. The molecular weight excluding hydrogens is 455 g/mol. The van der Waals surface area contributed by atoms with Crippen molar-refractivity contribution in [3.63, 3.8) is 0 Å². The van der Waals surface area contributed by atoms with E-state index in [9.17, 15) is 14.4 Å². The van der Waals surface area contributed by atoms with Crippen LogP contribution in [0.15, 0.2) is 84.7 Å². The van der Waals surface area contributed by atoms with Crippen LogP contribution >= 0.6 is 0 Å². The Balaban J connectivity index is 1.45. The zero-order valence-corrected chi connectivity index (χ0v) is 19.6. The number of aromatic nitrogens is 1. The van der Waals surface area contributed by atoms with Crippen molar-refractivity contribution in [2.24, 2.45) is 0 Å². The smallest absolute Gasteiger partial charge is 0.270 e. The summed E-state index contributed by atoms with van der Waals surface area (Å²) in [5.41, 5.74) is 10.9. The fourth-order valence-electron chi connectivity index (χ4n) is 4.76. The number of hydrazine groups is 1. The largest absolute Gasteiger partial charge is 0.399 e. The van der Waals surface area contributed by atoms with Gasteiger partial charge in [0.2, 0.25) is 5.95 Å². The predicted octanol–water partition coefficient (Wildman–Crippen LogP) is 4.62. The summed E-state index contributed by atoms with van der Waals surface area (Å²) in [6.07, 6.45) is 5.30. The topological polar surface area (TPSA) is 98.3 Å². The highest BCUT2D eigenvalue weighted by atomic mass is 19.1. The van der Waals surface area contributed by atoms with E-state index in [1.165, 1.54) is 12.3 Å². The van der Waals surface area contributed by atoms with Crippen LogP contribution < -0.4 is 11.1 Å². The SMILES string of the molecule is C=C(Nc1ccc(N)cc1-c1ccc(F)nc1)C1=CC2CCCN2N(Cc2ccccc2C#N)C1=O. The van der Waals surface area contributed by atoms with Crippen LogP contribution in [0.1, 0.15) is 24.0 Å². The van der Waals surface area contributed by atoms with Gasteiger partial charge in [-0.3, -0.25) is 9.80 Å². The molecule has 3 aromatic rings. The number of rotatable bonds is 6. The van der Waals surface area contributed by atoms with Crippen molar-refractivity contribution in [1.29, 1.82) is 5.26 Å². The van der Waals surface area contributed by atoms with Gasteiger partial charge in [-0.1, -0.05) is 30.9 Å². The molecule has 1 unspecified atom stereocenters. The highest BCUT2D eigenvalue weighted by Gasteiger charge is 2.38. The van der Waals surface area contributed by atoms with Gasteiger partial charge in [0.25, 0.3) is 5.91 Å². The van der Waals surface area contributed by atoms with Crippen molar-refractivity contribution in [1.82, 2.24) is 15.0 Å². The zero-order chi connectivity index (χ0) is 25.2. The highest BCUT2D eigenvalue weighted by molar-refractivity contribution is 5.99. The summed E-state index contributed by atoms with van der Waals surface area (Å²) >= 11 is 0. The van der Waals surface area contributed by atoms with E-state index in [1.54, 1.807) is 35.3 Å². The molecule has 0 saturated carbocycles. The van der Waals surface area contributed by atoms with E-state index in [0.717, 1.165) is 30.5 Å². The second-order valence-electron chi connectivity index (χ2n) is 8.86. The molecule has 0 spiro atoms. The fourth-order valence-corrected chi connectivity index (χ4v) is 4.76. The Morgan fingerprint density at radius 2 is 2.08 bits per heavy atom. The van der Waals surface area contributed by atoms with Gasteiger partial charge >= 0.3 is 0 Å². The molecule has 180 valence electrons. The van der Waals surface area contributed by atoms with Gasteiger partial charge in [0.05, 0.1) is 23.8 Å². The van der Waals surface area contributed by atoms with E-state index in [0.29, 0.717) is 40.3 Å². The first-order valence-electron chi connectivity index (χ1n) is 11.7. The molecule has 5 rings (SSSR count). The first kappa shape index (κ1) is 23.3. The van der Waals surface area contributed by atoms with Gasteiger partial charge in [0, 0.05) is 47.0 Å². The number of nitrogens with zero attached hydrogens (tertiary/aromatic N) is 4. The Hall–Kier alpha value is -4.48. The standard InChI is InChI=1S/C28H25FN6O/c1-18(33-26-10-9-22(31)13-25(26)20-8-11-27(29)32-16-20)24-14-23-7-4-12-34(23)35(28(24)36)17-21-6-3-2-5-19(21)15-30/h2-3,5-6,8-11,13-14,16,23,33H,1,4,7,12,17,31H2. The van der Waals surface area contributed by atoms with Crippen LogP contribution in [0.5, 0.6) is 0 Å². The minimum atomic E-state index is -0.571. The van der Waals surface area contributed by atoms with E-state index in [1.807, 2.05) is 24.3 Å². The number of fused-ring (bicyclic) bond motifs is 1. The van der Waals surface area contributed by atoms with E-state index >= 15 is 0 Å².